The molecule has 3 heteroatoms. The van der Waals surface area contributed by atoms with E-state index in [1.54, 1.807) is 11.8 Å². The number of furan rings is 1. The zero-order chi connectivity index (χ0) is 11.4. The summed E-state index contributed by atoms with van der Waals surface area (Å²) < 4.78 is 5.75. The third kappa shape index (κ3) is 2.64. The maximum Gasteiger partial charge on any atom is 0.118 e. The first kappa shape index (κ1) is 12.1. The fourth-order valence-corrected chi connectivity index (χ4v) is 2.71. The Kier molecular flexibility index (Phi) is 3.98. The van der Waals surface area contributed by atoms with E-state index in [2.05, 4.69) is 30.6 Å². The van der Waals surface area contributed by atoms with Crippen LogP contribution in [0.15, 0.2) is 16.5 Å². The Labute approximate surface area is 102 Å². The van der Waals surface area contributed by atoms with Gasteiger partial charge in [0.15, 0.2) is 0 Å². The second kappa shape index (κ2) is 5.28. The molecule has 0 amide bonds. The molecule has 1 heterocycles. The largest absolute Gasteiger partial charge is 0.464 e. The van der Waals surface area contributed by atoms with Gasteiger partial charge in [-0.25, -0.2) is 0 Å². The van der Waals surface area contributed by atoms with Crippen LogP contribution in [0.5, 0.6) is 0 Å². The predicted octanol–water partition coefficient (Wildman–Crippen LogP) is 3.56. The lowest BCUT2D eigenvalue weighted by molar-refractivity contribution is 0.171. The summed E-state index contributed by atoms with van der Waals surface area (Å²) in [4.78, 5) is 0. The van der Waals surface area contributed by atoms with Crippen LogP contribution in [0, 0.1) is 0 Å². The molecule has 1 aromatic heterocycles. The van der Waals surface area contributed by atoms with Crippen LogP contribution in [0.1, 0.15) is 44.1 Å². The first-order valence-corrected chi connectivity index (χ1v) is 7.49. The van der Waals surface area contributed by atoms with Crippen LogP contribution in [0.2, 0.25) is 0 Å². The van der Waals surface area contributed by atoms with E-state index in [0.29, 0.717) is 5.54 Å². The van der Waals surface area contributed by atoms with Crippen LogP contribution < -0.4 is 5.32 Å². The van der Waals surface area contributed by atoms with Gasteiger partial charge in [0.1, 0.15) is 11.5 Å². The maximum absolute atomic E-state index is 5.75. The van der Waals surface area contributed by atoms with Crippen molar-refractivity contribution in [1.82, 2.24) is 5.32 Å². The molecule has 1 fully saturated rings. The summed E-state index contributed by atoms with van der Waals surface area (Å²) >= 11 is 1.80. The molecule has 0 bridgehead atoms. The quantitative estimate of drug-likeness (QED) is 0.821. The van der Waals surface area contributed by atoms with E-state index in [1.165, 1.54) is 25.7 Å². The van der Waals surface area contributed by atoms with Crippen molar-refractivity contribution in [1.29, 1.82) is 0 Å². The fourth-order valence-electron chi connectivity index (χ4n) is 2.27. The van der Waals surface area contributed by atoms with Crippen molar-refractivity contribution in [3.63, 3.8) is 0 Å². The number of rotatable bonds is 6. The highest BCUT2D eigenvalue weighted by Crippen LogP contribution is 2.34. The van der Waals surface area contributed by atoms with Gasteiger partial charge in [-0.15, -0.1) is 0 Å². The Bertz CT molecular complexity index is 325. The van der Waals surface area contributed by atoms with Gasteiger partial charge in [0.2, 0.25) is 0 Å². The molecule has 1 aliphatic rings. The Morgan fingerprint density at radius 2 is 2.12 bits per heavy atom. The molecular weight excluding hydrogens is 218 g/mol. The van der Waals surface area contributed by atoms with Crippen molar-refractivity contribution in [2.45, 2.75) is 50.4 Å². The van der Waals surface area contributed by atoms with Crippen LogP contribution in [0.25, 0.3) is 0 Å². The molecular formula is C13H21NOS. The summed E-state index contributed by atoms with van der Waals surface area (Å²) in [5, 5.41) is 3.65. The summed E-state index contributed by atoms with van der Waals surface area (Å²) in [5.74, 6) is 3.13. The highest BCUT2D eigenvalue weighted by Gasteiger charge is 2.34. The van der Waals surface area contributed by atoms with Gasteiger partial charge < -0.3 is 9.73 Å². The van der Waals surface area contributed by atoms with E-state index in [0.717, 1.165) is 23.8 Å². The van der Waals surface area contributed by atoms with Crippen LogP contribution >= 0.6 is 11.8 Å². The summed E-state index contributed by atoms with van der Waals surface area (Å²) in [5.41, 5.74) is 0.409. The Hall–Kier alpha value is -0.410. The van der Waals surface area contributed by atoms with Crippen molar-refractivity contribution < 1.29 is 4.42 Å². The lowest BCUT2D eigenvalue weighted by Crippen LogP contribution is -2.49. The third-order valence-corrected chi connectivity index (χ3v) is 4.20. The summed E-state index contributed by atoms with van der Waals surface area (Å²) in [6.45, 7) is 3.15. The van der Waals surface area contributed by atoms with Gasteiger partial charge in [-0.05, 0) is 44.1 Å². The highest BCUT2D eigenvalue weighted by molar-refractivity contribution is 7.97. The third-order valence-electron chi connectivity index (χ3n) is 3.63. The number of hydrogen-bond acceptors (Lipinski definition) is 3. The molecule has 0 aliphatic heterocycles. The maximum atomic E-state index is 5.75. The van der Waals surface area contributed by atoms with Gasteiger partial charge in [-0.2, -0.15) is 11.8 Å². The van der Waals surface area contributed by atoms with Crippen LogP contribution in [-0.4, -0.2) is 11.8 Å². The number of nitrogens with one attached hydrogen (secondary N) is 1. The van der Waals surface area contributed by atoms with Gasteiger partial charge in [-0.3, -0.25) is 0 Å². The van der Waals surface area contributed by atoms with Crippen molar-refractivity contribution >= 4 is 11.8 Å². The molecule has 0 atom stereocenters. The molecule has 0 spiro atoms. The second-order valence-electron chi connectivity index (χ2n) is 4.64. The Morgan fingerprint density at radius 1 is 1.38 bits per heavy atom. The normalized spacial score (nSPS) is 18.4. The fraction of sp³-hybridized carbons (Fsp3) is 0.692. The topological polar surface area (TPSA) is 25.2 Å². The van der Waals surface area contributed by atoms with E-state index >= 15 is 0 Å². The molecule has 1 aliphatic carbocycles. The van der Waals surface area contributed by atoms with Crippen molar-refractivity contribution in [3.05, 3.63) is 23.7 Å². The van der Waals surface area contributed by atoms with Gasteiger partial charge in [0, 0.05) is 5.54 Å². The molecule has 1 saturated carbocycles. The van der Waals surface area contributed by atoms with Crippen LogP contribution in [0.4, 0.5) is 0 Å². The summed E-state index contributed by atoms with van der Waals surface area (Å²) in [6.07, 6.45) is 7.34. The molecule has 16 heavy (non-hydrogen) atoms. The smallest absolute Gasteiger partial charge is 0.118 e. The first-order valence-electron chi connectivity index (χ1n) is 6.09. The molecule has 2 rings (SSSR count). The molecule has 1 aromatic rings. The van der Waals surface area contributed by atoms with E-state index in [4.69, 9.17) is 4.42 Å². The lowest BCUT2D eigenvalue weighted by atomic mass is 9.75. The van der Waals surface area contributed by atoms with Gasteiger partial charge in [0.05, 0.1) is 12.3 Å². The summed E-state index contributed by atoms with van der Waals surface area (Å²) in [6, 6.07) is 4.19. The van der Waals surface area contributed by atoms with Gasteiger partial charge in [0.25, 0.3) is 0 Å². The van der Waals surface area contributed by atoms with E-state index in [-0.39, 0.29) is 0 Å². The average molecular weight is 239 g/mol. The second-order valence-corrected chi connectivity index (χ2v) is 5.51. The molecule has 0 aromatic carbocycles. The monoisotopic (exact) mass is 239 g/mol. The number of thioether (sulfide) groups is 1. The molecule has 0 radical (unpaired) electrons. The minimum absolute atomic E-state index is 0.409. The van der Waals surface area contributed by atoms with Gasteiger partial charge >= 0.3 is 0 Å². The van der Waals surface area contributed by atoms with E-state index < -0.39 is 0 Å². The highest BCUT2D eigenvalue weighted by atomic mass is 32.2. The van der Waals surface area contributed by atoms with Crippen LogP contribution in [0.3, 0.4) is 0 Å². The zero-order valence-corrected chi connectivity index (χ0v) is 11.0. The molecule has 1 N–H and O–H groups in total. The molecule has 2 nitrogen and oxygen atoms in total. The Balaban J connectivity index is 1.84. The van der Waals surface area contributed by atoms with Crippen LogP contribution in [-0.2, 0) is 12.3 Å². The molecule has 0 saturated heterocycles. The average Bonchev–Trinajstić information content (AvgIpc) is 2.66. The van der Waals surface area contributed by atoms with Crippen molar-refractivity contribution in [2.24, 2.45) is 0 Å². The summed E-state index contributed by atoms with van der Waals surface area (Å²) in [7, 11) is 0. The molecule has 0 unspecified atom stereocenters. The van der Waals surface area contributed by atoms with Crippen molar-refractivity contribution in [3.8, 4) is 0 Å². The van der Waals surface area contributed by atoms with E-state index in [9.17, 15) is 0 Å². The van der Waals surface area contributed by atoms with Crippen molar-refractivity contribution in [2.75, 3.05) is 6.26 Å². The standard InChI is InChI=1S/C13H21NOS/c1-3-13(7-4-8-13)14-9-11-5-6-12(15-11)10-16-2/h5-6,14H,3-4,7-10H2,1-2H3. The SMILES string of the molecule is CCC1(NCc2ccc(CSC)o2)CCC1. The van der Waals surface area contributed by atoms with Gasteiger partial charge in [-0.1, -0.05) is 6.92 Å². The number of hydrogen-bond donors (Lipinski definition) is 1. The zero-order valence-electron chi connectivity index (χ0n) is 10.2. The Morgan fingerprint density at radius 3 is 2.69 bits per heavy atom. The predicted molar refractivity (Wildman–Crippen MR) is 69.6 cm³/mol. The molecule has 90 valence electrons. The minimum atomic E-state index is 0.409. The van der Waals surface area contributed by atoms with E-state index in [1.807, 2.05) is 0 Å². The first-order chi connectivity index (χ1) is 7.78. The minimum Gasteiger partial charge on any atom is -0.464 e. The lowest BCUT2D eigenvalue weighted by Gasteiger charge is -2.42.